The predicted molar refractivity (Wildman–Crippen MR) is 146 cm³/mol. The van der Waals surface area contributed by atoms with Crippen molar-refractivity contribution in [3.8, 4) is 5.75 Å². The van der Waals surface area contributed by atoms with Crippen molar-refractivity contribution in [1.82, 2.24) is 14.8 Å². The minimum absolute atomic E-state index is 0.162. The fraction of sp³-hybridized carbons (Fsp3) is 0.333. The minimum Gasteiger partial charge on any atom is -0.494 e. The molecule has 192 valence electrons. The van der Waals surface area contributed by atoms with Crippen LogP contribution in [-0.4, -0.2) is 47.5 Å². The third kappa shape index (κ3) is 4.55. The van der Waals surface area contributed by atoms with Crippen molar-refractivity contribution in [1.29, 1.82) is 0 Å². The van der Waals surface area contributed by atoms with Crippen molar-refractivity contribution >= 4 is 44.8 Å². The van der Waals surface area contributed by atoms with Gasteiger partial charge in [0.2, 0.25) is 0 Å². The Morgan fingerprint density at radius 2 is 1.76 bits per heavy atom. The molecule has 2 amide bonds. The van der Waals surface area contributed by atoms with Crippen LogP contribution >= 0.6 is 0 Å². The molecule has 0 radical (unpaired) electrons. The van der Waals surface area contributed by atoms with E-state index in [-0.39, 0.29) is 6.04 Å². The molecule has 4 aromatic rings. The van der Waals surface area contributed by atoms with Gasteiger partial charge in [-0.3, -0.25) is 14.9 Å². The van der Waals surface area contributed by atoms with Crippen LogP contribution in [0.25, 0.3) is 33.0 Å². The van der Waals surface area contributed by atoms with E-state index in [0.717, 1.165) is 48.1 Å². The molecule has 0 bridgehead atoms. The lowest BCUT2D eigenvalue weighted by Gasteiger charge is -2.17. The number of nitrogens with one attached hydrogen (secondary N) is 1. The highest BCUT2D eigenvalue weighted by molar-refractivity contribution is 6.50. The molecular formula is C30H33N3O4. The number of rotatable bonds is 10. The molecule has 1 aliphatic rings. The van der Waals surface area contributed by atoms with Crippen LogP contribution in [0.15, 0.2) is 59.3 Å². The quantitative estimate of drug-likeness (QED) is 0.226. The standard InChI is InChI=1S/C30H33N3O4/c1-5-32(6-2)14-8-15-36-21-11-12-25-23(17-21)24(18-33(25)19(3)4)27-26(29(34)31-30(27)35)22-10-7-9-20-13-16-37-28(20)22/h7,9-13,16-19H,5-6,8,14-15H2,1-4H3,(H,31,34,35). The number of carbonyl (C=O) groups is 2. The van der Waals surface area contributed by atoms with Gasteiger partial charge < -0.3 is 18.6 Å². The number of nitrogens with zero attached hydrogens (tertiary/aromatic N) is 2. The van der Waals surface area contributed by atoms with Crippen molar-refractivity contribution in [2.75, 3.05) is 26.2 Å². The predicted octanol–water partition coefficient (Wildman–Crippen LogP) is 5.65. The average Bonchev–Trinajstić information content (AvgIpc) is 3.59. The molecule has 1 N–H and O–H groups in total. The number of benzene rings is 2. The maximum Gasteiger partial charge on any atom is 0.259 e. The molecule has 0 spiro atoms. The van der Waals surface area contributed by atoms with Gasteiger partial charge in [0.15, 0.2) is 0 Å². The van der Waals surface area contributed by atoms with Gasteiger partial charge in [0, 0.05) is 46.2 Å². The van der Waals surface area contributed by atoms with E-state index >= 15 is 0 Å². The van der Waals surface area contributed by atoms with Crippen LogP contribution in [0.2, 0.25) is 0 Å². The lowest BCUT2D eigenvalue weighted by molar-refractivity contribution is -0.122. The van der Waals surface area contributed by atoms with E-state index in [2.05, 4.69) is 42.5 Å². The Hall–Kier alpha value is -3.84. The Bertz CT molecular complexity index is 1500. The summed E-state index contributed by atoms with van der Waals surface area (Å²) in [6, 6.07) is 13.6. The number of carbonyl (C=O) groups excluding carboxylic acids is 2. The Morgan fingerprint density at radius 1 is 1.00 bits per heavy atom. The van der Waals surface area contributed by atoms with E-state index < -0.39 is 11.8 Å². The smallest absolute Gasteiger partial charge is 0.259 e. The fourth-order valence-corrected chi connectivity index (χ4v) is 5.13. The van der Waals surface area contributed by atoms with E-state index in [1.165, 1.54) is 0 Å². The number of furan rings is 1. The van der Waals surface area contributed by atoms with Crippen LogP contribution in [0.4, 0.5) is 0 Å². The van der Waals surface area contributed by atoms with E-state index in [1.807, 2.05) is 48.7 Å². The van der Waals surface area contributed by atoms with Crippen LogP contribution in [0.1, 0.15) is 51.3 Å². The highest BCUT2D eigenvalue weighted by Crippen LogP contribution is 2.40. The molecular weight excluding hydrogens is 466 g/mol. The van der Waals surface area contributed by atoms with Crippen molar-refractivity contribution in [3.05, 3.63) is 66.1 Å². The second kappa shape index (κ2) is 10.3. The van der Waals surface area contributed by atoms with Gasteiger partial charge in [0.05, 0.1) is 24.0 Å². The van der Waals surface area contributed by atoms with Gasteiger partial charge in [-0.15, -0.1) is 0 Å². The van der Waals surface area contributed by atoms with Crippen LogP contribution < -0.4 is 10.1 Å². The lowest BCUT2D eigenvalue weighted by atomic mass is 9.95. The van der Waals surface area contributed by atoms with E-state index in [9.17, 15) is 9.59 Å². The van der Waals surface area contributed by atoms with Gasteiger partial charge in [0.1, 0.15) is 11.3 Å². The Labute approximate surface area is 216 Å². The third-order valence-electron chi connectivity index (χ3n) is 7.09. The van der Waals surface area contributed by atoms with Gasteiger partial charge in [-0.25, -0.2) is 0 Å². The molecule has 2 aromatic heterocycles. The molecule has 0 fully saturated rings. The first kappa shape index (κ1) is 24.8. The van der Waals surface area contributed by atoms with Crippen molar-refractivity contribution in [3.63, 3.8) is 0 Å². The molecule has 7 nitrogen and oxygen atoms in total. The summed E-state index contributed by atoms with van der Waals surface area (Å²) in [4.78, 5) is 28.7. The maximum absolute atomic E-state index is 13.2. The van der Waals surface area contributed by atoms with Crippen LogP contribution in [-0.2, 0) is 9.59 Å². The SMILES string of the molecule is CCN(CC)CCCOc1ccc2c(c1)c(C1=C(c3cccc4ccoc34)C(=O)NC1=O)cn2C(C)C. The van der Waals surface area contributed by atoms with E-state index in [1.54, 1.807) is 6.26 Å². The van der Waals surface area contributed by atoms with Crippen LogP contribution in [0.3, 0.4) is 0 Å². The summed E-state index contributed by atoms with van der Waals surface area (Å²) in [7, 11) is 0. The Balaban J connectivity index is 1.60. The third-order valence-corrected chi connectivity index (χ3v) is 7.09. The number of fused-ring (bicyclic) bond motifs is 2. The van der Waals surface area contributed by atoms with Gasteiger partial charge in [-0.1, -0.05) is 32.0 Å². The largest absolute Gasteiger partial charge is 0.494 e. The van der Waals surface area contributed by atoms with E-state index in [4.69, 9.17) is 9.15 Å². The summed E-state index contributed by atoms with van der Waals surface area (Å²) in [6.07, 6.45) is 4.49. The second-order valence-corrected chi connectivity index (χ2v) is 9.63. The topological polar surface area (TPSA) is 76.7 Å². The molecule has 5 rings (SSSR count). The normalized spacial score (nSPS) is 14.1. The molecule has 0 atom stereocenters. The average molecular weight is 500 g/mol. The maximum atomic E-state index is 13.2. The molecule has 0 saturated carbocycles. The zero-order chi connectivity index (χ0) is 26.1. The van der Waals surface area contributed by atoms with Crippen molar-refractivity contribution < 1.29 is 18.7 Å². The summed E-state index contributed by atoms with van der Waals surface area (Å²) in [5.41, 5.74) is 3.57. The summed E-state index contributed by atoms with van der Waals surface area (Å²) < 4.78 is 14.0. The zero-order valence-corrected chi connectivity index (χ0v) is 21.8. The summed E-state index contributed by atoms with van der Waals surface area (Å²) in [5, 5.41) is 4.26. The monoisotopic (exact) mass is 499 g/mol. The summed E-state index contributed by atoms with van der Waals surface area (Å²) in [5.74, 6) is -0.0788. The Kier molecular flexibility index (Phi) is 6.89. The van der Waals surface area contributed by atoms with Gasteiger partial charge in [-0.2, -0.15) is 0 Å². The lowest BCUT2D eigenvalue weighted by Crippen LogP contribution is -2.25. The number of ether oxygens (including phenoxy) is 1. The number of amides is 2. The Morgan fingerprint density at radius 3 is 2.49 bits per heavy atom. The molecule has 0 saturated heterocycles. The highest BCUT2D eigenvalue weighted by atomic mass is 16.5. The van der Waals surface area contributed by atoms with Crippen LogP contribution in [0, 0.1) is 0 Å². The molecule has 2 aromatic carbocycles. The van der Waals surface area contributed by atoms with Crippen molar-refractivity contribution in [2.45, 2.75) is 40.2 Å². The minimum atomic E-state index is -0.418. The van der Waals surface area contributed by atoms with Gasteiger partial charge in [-0.05, 0) is 57.6 Å². The van der Waals surface area contributed by atoms with Gasteiger partial charge in [0.25, 0.3) is 11.8 Å². The molecule has 0 aliphatic carbocycles. The number of para-hydroxylation sites is 1. The summed E-state index contributed by atoms with van der Waals surface area (Å²) >= 11 is 0. The first-order valence-corrected chi connectivity index (χ1v) is 13.0. The van der Waals surface area contributed by atoms with E-state index in [0.29, 0.717) is 34.5 Å². The number of hydrogen-bond donors (Lipinski definition) is 1. The molecule has 1 aliphatic heterocycles. The number of imide groups is 1. The highest BCUT2D eigenvalue weighted by Gasteiger charge is 2.35. The first-order chi connectivity index (χ1) is 17.9. The summed E-state index contributed by atoms with van der Waals surface area (Å²) in [6.45, 7) is 12.2. The molecule has 7 heteroatoms. The molecule has 0 unspecified atom stereocenters. The van der Waals surface area contributed by atoms with Crippen molar-refractivity contribution in [2.24, 2.45) is 0 Å². The molecule has 37 heavy (non-hydrogen) atoms. The fourth-order valence-electron chi connectivity index (χ4n) is 5.13. The molecule has 3 heterocycles. The first-order valence-electron chi connectivity index (χ1n) is 13.0. The number of hydrogen-bond acceptors (Lipinski definition) is 5. The van der Waals surface area contributed by atoms with Gasteiger partial charge >= 0.3 is 0 Å². The zero-order valence-electron chi connectivity index (χ0n) is 21.8. The number of aromatic nitrogens is 1. The van der Waals surface area contributed by atoms with Crippen LogP contribution in [0.5, 0.6) is 5.75 Å². The second-order valence-electron chi connectivity index (χ2n) is 9.63.